The van der Waals surface area contributed by atoms with Crippen molar-refractivity contribution in [3.05, 3.63) is 24.3 Å². The second-order valence-electron chi connectivity index (χ2n) is 5.58. The SMILES string of the molecule is COCCOc1cccc(NC(C)CC(C)(C)OC)c1. The summed E-state index contributed by atoms with van der Waals surface area (Å²) in [6, 6.07) is 8.30. The smallest absolute Gasteiger partial charge is 0.121 e. The number of hydrogen-bond acceptors (Lipinski definition) is 4. The molecule has 0 bridgehead atoms. The molecular weight excluding hydrogens is 254 g/mol. The van der Waals surface area contributed by atoms with Gasteiger partial charge in [-0.15, -0.1) is 0 Å². The van der Waals surface area contributed by atoms with Crippen molar-refractivity contribution in [2.75, 3.05) is 32.8 Å². The molecular formula is C16H27NO3. The molecule has 20 heavy (non-hydrogen) atoms. The van der Waals surface area contributed by atoms with Crippen LogP contribution in [0.25, 0.3) is 0 Å². The Morgan fingerprint density at radius 2 is 1.95 bits per heavy atom. The van der Waals surface area contributed by atoms with E-state index in [4.69, 9.17) is 14.2 Å². The van der Waals surface area contributed by atoms with Crippen molar-refractivity contribution in [1.82, 2.24) is 0 Å². The molecule has 4 nitrogen and oxygen atoms in total. The second-order valence-corrected chi connectivity index (χ2v) is 5.58. The first-order valence-electron chi connectivity index (χ1n) is 7.00. The van der Waals surface area contributed by atoms with Crippen LogP contribution >= 0.6 is 0 Å². The van der Waals surface area contributed by atoms with E-state index >= 15 is 0 Å². The molecule has 0 aromatic heterocycles. The Labute approximate surface area is 122 Å². The van der Waals surface area contributed by atoms with Crippen LogP contribution in [0.1, 0.15) is 27.2 Å². The zero-order valence-corrected chi connectivity index (χ0v) is 13.2. The van der Waals surface area contributed by atoms with Gasteiger partial charge in [-0.25, -0.2) is 0 Å². The fraction of sp³-hybridized carbons (Fsp3) is 0.625. The fourth-order valence-corrected chi connectivity index (χ4v) is 2.07. The normalized spacial score (nSPS) is 13.1. The van der Waals surface area contributed by atoms with Crippen LogP contribution in [-0.2, 0) is 9.47 Å². The predicted octanol–water partition coefficient (Wildman–Crippen LogP) is 3.33. The van der Waals surface area contributed by atoms with Gasteiger partial charge in [-0.1, -0.05) is 6.07 Å². The highest BCUT2D eigenvalue weighted by atomic mass is 16.5. The highest BCUT2D eigenvalue weighted by molar-refractivity contribution is 5.48. The van der Waals surface area contributed by atoms with Crippen LogP contribution in [-0.4, -0.2) is 39.1 Å². The summed E-state index contributed by atoms with van der Waals surface area (Å²) in [5.74, 6) is 0.852. The molecule has 0 aliphatic carbocycles. The van der Waals surface area contributed by atoms with Gasteiger partial charge < -0.3 is 19.5 Å². The van der Waals surface area contributed by atoms with E-state index in [-0.39, 0.29) is 5.60 Å². The molecule has 1 unspecified atom stereocenters. The van der Waals surface area contributed by atoms with Crippen molar-refractivity contribution in [3.63, 3.8) is 0 Å². The summed E-state index contributed by atoms with van der Waals surface area (Å²) in [7, 11) is 3.41. The molecule has 1 atom stereocenters. The van der Waals surface area contributed by atoms with Gasteiger partial charge in [0.2, 0.25) is 0 Å². The van der Waals surface area contributed by atoms with Gasteiger partial charge >= 0.3 is 0 Å². The van der Waals surface area contributed by atoms with Gasteiger partial charge in [-0.2, -0.15) is 0 Å². The van der Waals surface area contributed by atoms with Crippen LogP contribution in [0, 0.1) is 0 Å². The summed E-state index contributed by atoms with van der Waals surface area (Å²) >= 11 is 0. The average molecular weight is 281 g/mol. The van der Waals surface area contributed by atoms with Crippen molar-refractivity contribution in [2.24, 2.45) is 0 Å². The monoisotopic (exact) mass is 281 g/mol. The quantitative estimate of drug-likeness (QED) is 0.705. The molecule has 0 aliphatic heterocycles. The van der Waals surface area contributed by atoms with Gasteiger partial charge in [-0.05, 0) is 39.3 Å². The molecule has 114 valence electrons. The highest BCUT2D eigenvalue weighted by Crippen LogP contribution is 2.21. The first-order chi connectivity index (χ1) is 9.46. The highest BCUT2D eigenvalue weighted by Gasteiger charge is 2.20. The molecule has 0 saturated carbocycles. The van der Waals surface area contributed by atoms with Crippen LogP contribution in [0.2, 0.25) is 0 Å². The first kappa shape index (κ1) is 16.8. The van der Waals surface area contributed by atoms with Gasteiger partial charge in [0.25, 0.3) is 0 Å². The van der Waals surface area contributed by atoms with Gasteiger partial charge in [0.15, 0.2) is 0 Å². The third-order valence-electron chi connectivity index (χ3n) is 3.15. The van der Waals surface area contributed by atoms with E-state index in [1.807, 2.05) is 24.3 Å². The maximum absolute atomic E-state index is 5.60. The molecule has 1 N–H and O–H groups in total. The first-order valence-corrected chi connectivity index (χ1v) is 7.00. The molecule has 0 fully saturated rings. The van der Waals surface area contributed by atoms with E-state index in [9.17, 15) is 0 Å². The Balaban J connectivity index is 2.52. The van der Waals surface area contributed by atoms with Gasteiger partial charge in [0, 0.05) is 32.0 Å². The van der Waals surface area contributed by atoms with Gasteiger partial charge in [-0.3, -0.25) is 0 Å². The van der Waals surface area contributed by atoms with Crippen LogP contribution < -0.4 is 10.1 Å². The molecule has 1 aromatic rings. The predicted molar refractivity (Wildman–Crippen MR) is 82.6 cm³/mol. The number of rotatable bonds is 9. The van der Waals surface area contributed by atoms with Gasteiger partial charge in [0.05, 0.1) is 12.2 Å². The van der Waals surface area contributed by atoms with E-state index < -0.39 is 0 Å². The Bertz CT molecular complexity index is 393. The molecule has 0 heterocycles. The minimum Gasteiger partial charge on any atom is -0.491 e. The van der Waals surface area contributed by atoms with E-state index in [0.29, 0.717) is 19.3 Å². The Morgan fingerprint density at radius 1 is 1.20 bits per heavy atom. The van der Waals surface area contributed by atoms with Crippen molar-refractivity contribution >= 4 is 5.69 Å². The Morgan fingerprint density at radius 3 is 2.60 bits per heavy atom. The van der Waals surface area contributed by atoms with Crippen LogP contribution in [0.15, 0.2) is 24.3 Å². The standard InChI is InChI=1S/C16H27NO3/c1-13(12-16(2,3)19-5)17-14-7-6-8-15(11-14)20-10-9-18-4/h6-8,11,13,17H,9-10,12H2,1-5H3. The number of anilines is 1. The van der Waals surface area contributed by atoms with Crippen LogP contribution in [0.3, 0.4) is 0 Å². The van der Waals surface area contributed by atoms with Crippen LogP contribution in [0.4, 0.5) is 5.69 Å². The van der Waals surface area contributed by atoms with E-state index in [1.165, 1.54) is 0 Å². The second kappa shape index (κ2) is 8.12. The summed E-state index contributed by atoms with van der Waals surface area (Å²) in [6.45, 7) is 7.49. The molecule has 4 heteroatoms. The Hall–Kier alpha value is -1.26. The summed E-state index contributed by atoms with van der Waals surface area (Å²) in [5.41, 5.74) is 0.929. The van der Waals surface area contributed by atoms with E-state index in [1.54, 1.807) is 14.2 Å². The van der Waals surface area contributed by atoms with Crippen molar-refractivity contribution in [1.29, 1.82) is 0 Å². The number of benzene rings is 1. The minimum atomic E-state index is -0.126. The maximum atomic E-state index is 5.60. The molecule has 1 rings (SSSR count). The molecule has 0 aliphatic rings. The van der Waals surface area contributed by atoms with Crippen molar-refractivity contribution < 1.29 is 14.2 Å². The lowest BCUT2D eigenvalue weighted by atomic mass is 10.00. The average Bonchev–Trinajstić information content (AvgIpc) is 2.39. The number of nitrogens with one attached hydrogen (secondary N) is 1. The summed E-state index contributed by atoms with van der Waals surface area (Å²) in [6.07, 6.45) is 0.929. The third-order valence-corrected chi connectivity index (χ3v) is 3.15. The van der Waals surface area contributed by atoms with E-state index in [2.05, 4.69) is 26.1 Å². The topological polar surface area (TPSA) is 39.7 Å². The van der Waals surface area contributed by atoms with Crippen LogP contribution in [0.5, 0.6) is 5.75 Å². The molecule has 0 saturated heterocycles. The van der Waals surface area contributed by atoms with Crippen molar-refractivity contribution in [3.8, 4) is 5.75 Å². The lowest BCUT2D eigenvalue weighted by Gasteiger charge is -2.27. The zero-order valence-electron chi connectivity index (χ0n) is 13.2. The Kier molecular flexibility index (Phi) is 6.82. The number of hydrogen-bond donors (Lipinski definition) is 1. The van der Waals surface area contributed by atoms with Crippen molar-refractivity contribution in [2.45, 2.75) is 38.8 Å². The van der Waals surface area contributed by atoms with Gasteiger partial charge in [0.1, 0.15) is 12.4 Å². The zero-order chi connectivity index (χ0) is 15.0. The molecule has 0 amide bonds. The molecule has 0 spiro atoms. The molecule has 0 radical (unpaired) electrons. The fourth-order valence-electron chi connectivity index (χ4n) is 2.07. The number of ether oxygens (including phenoxy) is 3. The summed E-state index contributed by atoms with van der Waals surface area (Å²) in [5, 5.41) is 3.47. The minimum absolute atomic E-state index is 0.126. The number of methoxy groups -OCH3 is 2. The largest absolute Gasteiger partial charge is 0.491 e. The lowest BCUT2D eigenvalue weighted by Crippen LogP contribution is -2.31. The maximum Gasteiger partial charge on any atom is 0.121 e. The third kappa shape index (κ3) is 6.26. The lowest BCUT2D eigenvalue weighted by molar-refractivity contribution is 0.0128. The summed E-state index contributed by atoms with van der Waals surface area (Å²) in [4.78, 5) is 0. The van der Waals surface area contributed by atoms with E-state index in [0.717, 1.165) is 17.9 Å². The molecule has 1 aromatic carbocycles. The summed E-state index contributed by atoms with van der Waals surface area (Å²) < 4.78 is 16.0.